The predicted molar refractivity (Wildman–Crippen MR) is 84.5 cm³/mol. The molecule has 3 rings (SSSR count). The Morgan fingerprint density at radius 2 is 1.81 bits per heavy atom. The van der Waals surface area contributed by atoms with E-state index in [-0.39, 0.29) is 5.91 Å². The van der Waals surface area contributed by atoms with Crippen molar-refractivity contribution in [1.29, 1.82) is 0 Å². The van der Waals surface area contributed by atoms with Crippen LogP contribution in [0.2, 0.25) is 0 Å². The molecule has 5 heteroatoms. The molecule has 0 radical (unpaired) electrons. The molecule has 0 aliphatic carbocycles. The van der Waals surface area contributed by atoms with Gasteiger partial charge in [-0.1, -0.05) is 29.8 Å². The Kier molecular flexibility index (Phi) is 3.75. The van der Waals surface area contributed by atoms with Gasteiger partial charge < -0.3 is 5.32 Å². The summed E-state index contributed by atoms with van der Waals surface area (Å²) in [5, 5.41) is 5.41. The smallest absolute Gasteiger partial charge is 0.275 e. The fourth-order valence-corrected chi connectivity index (χ4v) is 2.64. The number of carbonyl (C=O) groups excluding carboxylic acids is 1. The van der Waals surface area contributed by atoms with Gasteiger partial charge in [0, 0.05) is 29.0 Å². The lowest BCUT2D eigenvalue weighted by atomic mass is 10.2. The molecule has 2 heterocycles. The average molecular weight is 295 g/mol. The first kappa shape index (κ1) is 13.5. The second-order valence-electron chi connectivity index (χ2n) is 4.59. The van der Waals surface area contributed by atoms with E-state index in [0.29, 0.717) is 11.4 Å². The van der Waals surface area contributed by atoms with Crippen molar-refractivity contribution in [1.82, 2.24) is 9.97 Å². The summed E-state index contributed by atoms with van der Waals surface area (Å²) in [6.45, 7) is 2.04. The largest absolute Gasteiger partial charge is 0.321 e. The Balaban J connectivity index is 1.78. The van der Waals surface area contributed by atoms with Crippen molar-refractivity contribution in [3.05, 3.63) is 65.4 Å². The Hall–Kier alpha value is -2.53. The Bertz CT molecular complexity index is 751. The molecule has 0 unspecified atom stereocenters. The molecule has 0 saturated carbocycles. The third-order valence-electron chi connectivity index (χ3n) is 2.97. The SMILES string of the molecule is Cc1ccc(-c2nc(C(=O)Nc3ccncc3)cs2)cc1. The zero-order valence-electron chi connectivity index (χ0n) is 11.4. The lowest BCUT2D eigenvalue weighted by Gasteiger charge is -2.01. The van der Waals surface area contributed by atoms with Gasteiger partial charge in [-0.3, -0.25) is 9.78 Å². The van der Waals surface area contributed by atoms with E-state index in [1.165, 1.54) is 16.9 Å². The van der Waals surface area contributed by atoms with Gasteiger partial charge >= 0.3 is 0 Å². The van der Waals surface area contributed by atoms with Crippen molar-refractivity contribution in [2.45, 2.75) is 6.92 Å². The van der Waals surface area contributed by atoms with Crippen molar-refractivity contribution in [3.8, 4) is 10.6 Å². The molecule has 3 aromatic rings. The van der Waals surface area contributed by atoms with E-state index in [0.717, 1.165) is 10.6 Å². The lowest BCUT2D eigenvalue weighted by Crippen LogP contribution is -2.12. The van der Waals surface area contributed by atoms with Gasteiger partial charge in [0.25, 0.3) is 5.91 Å². The summed E-state index contributed by atoms with van der Waals surface area (Å²) in [5.41, 5.74) is 3.35. The van der Waals surface area contributed by atoms with Gasteiger partial charge in [-0.15, -0.1) is 11.3 Å². The molecular weight excluding hydrogens is 282 g/mol. The topological polar surface area (TPSA) is 54.9 Å². The molecule has 1 amide bonds. The highest BCUT2D eigenvalue weighted by Crippen LogP contribution is 2.24. The number of rotatable bonds is 3. The van der Waals surface area contributed by atoms with Crippen LogP contribution in [0.1, 0.15) is 16.1 Å². The van der Waals surface area contributed by atoms with E-state index in [9.17, 15) is 4.79 Å². The molecule has 0 fully saturated rings. The number of nitrogens with zero attached hydrogens (tertiary/aromatic N) is 2. The molecule has 0 saturated heterocycles. The van der Waals surface area contributed by atoms with Crippen molar-refractivity contribution >= 4 is 22.9 Å². The van der Waals surface area contributed by atoms with Gasteiger partial charge in [-0.25, -0.2) is 4.98 Å². The number of pyridine rings is 1. The maximum atomic E-state index is 12.1. The minimum absolute atomic E-state index is 0.212. The summed E-state index contributed by atoms with van der Waals surface area (Å²) in [6.07, 6.45) is 3.27. The summed E-state index contributed by atoms with van der Waals surface area (Å²) < 4.78 is 0. The highest BCUT2D eigenvalue weighted by Gasteiger charge is 2.12. The molecule has 4 nitrogen and oxygen atoms in total. The summed E-state index contributed by atoms with van der Waals surface area (Å²) in [5.74, 6) is -0.212. The quantitative estimate of drug-likeness (QED) is 0.800. The highest BCUT2D eigenvalue weighted by molar-refractivity contribution is 7.13. The first-order chi connectivity index (χ1) is 10.2. The van der Waals surface area contributed by atoms with Crippen molar-refractivity contribution in [3.63, 3.8) is 0 Å². The number of carbonyl (C=O) groups is 1. The predicted octanol–water partition coefficient (Wildman–Crippen LogP) is 3.77. The zero-order chi connectivity index (χ0) is 14.7. The van der Waals surface area contributed by atoms with E-state index in [2.05, 4.69) is 15.3 Å². The van der Waals surface area contributed by atoms with Gasteiger partial charge in [0.1, 0.15) is 10.7 Å². The second-order valence-corrected chi connectivity index (χ2v) is 5.45. The molecule has 1 aromatic carbocycles. The van der Waals surface area contributed by atoms with E-state index in [1.807, 2.05) is 31.2 Å². The Morgan fingerprint density at radius 1 is 1.10 bits per heavy atom. The lowest BCUT2D eigenvalue weighted by molar-refractivity contribution is 0.102. The number of hydrogen-bond donors (Lipinski definition) is 1. The van der Waals surface area contributed by atoms with Crippen molar-refractivity contribution < 1.29 is 4.79 Å². The summed E-state index contributed by atoms with van der Waals surface area (Å²) >= 11 is 1.46. The van der Waals surface area contributed by atoms with E-state index < -0.39 is 0 Å². The molecule has 0 bridgehead atoms. The fourth-order valence-electron chi connectivity index (χ4n) is 1.84. The molecule has 0 aliphatic heterocycles. The number of aromatic nitrogens is 2. The second kappa shape index (κ2) is 5.85. The first-order valence-corrected chi connectivity index (χ1v) is 7.34. The van der Waals surface area contributed by atoms with Crippen LogP contribution in [-0.4, -0.2) is 15.9 Å². The number of nitrogens with one attached hydrogen (secondary N) is 1. The Morgan fingerprint density at radius 3 is 2.52 bits per heavy atom. The molecular formula is C16H13N3OS. The number of anilines is 1. The van der Waals surface area contributed by atoms with Crippen LogP contribution in [0, 0.1) is 6.92 Å². The first-order valence-electron chi connectivity index (χ1n) is 6.46. The standard InChI is InChI=1S/C16H13N3OS/c1-11-2-4-12(5-3-11)16-19-14(10-21-16)15(20)18-13-6-8-17-9-7-13/h2-10H,1H3,(H,17,18,20). The molecule has 0 atom stereocenters. The number of hydrogen-bond acceptors (Lipinski definition) is 4. The number of benzene rings is 1. The Labute approximate surface area is 126 Å². The van der Waals surface area contributed by atoms with Gasteiger partial charge in [-0.2, -0.15) is 0 Å². The molecule has 1 N–H and O–H groups in total. The molecule has 2 aromatic heterocycles. The minimum Gasteiger partial charge on any atom is -0.321 e. The van der Waals surface area contributed by atoms with Gasteiger partial charge in [0.2, 0.25) is 0 Å². The third-order valence-corrected chi connectivity index (χ3v) is 3.86. The zero-order valence-corrected chi connectivity index (χ0v) is 12.2. The fraction of sp³-hybridized carbons (Fsp3) is 0.0625. The molecule has 0 spiro atoms. The van der Waals surface area contributed by atoms with Crippen molar-refractivity contribution in [2.24, 2.45) is 0 Å². The average Bonchev–Trinajstić information content (AvgIpc) is 2.99. The van der Waals surface area contributed by atoms with Crippen molar-refractivity contribution in [2.75, 3.05) is 5.32 Å². The number of thiazole rings is 1. The number of amides is 1. The normalized spacial score (nSPS) is 10.3. The third kappa shape index (κ3) is 3.14. The molecule has 21 heavy (non-hydrogen) atoms. The summed E-state index contributed by atoms with van der Waals surface area (Å²) in [7, 11) is 0. The van der Waals surface area contributed by atoms with Crippen LogP contribution in [0.25, 0.3) is 10.6 Å². The maximum Gasteiger partial charge on any atom is 0.275 e. The highest BCUT2D eigenvalue weighted by atomic mass is 32.1. The minimum atomic E-state index is -0.212. The molecule has 104 valence electrons. The van der Waals surface area contributed by atoms with Crippen LogP contribution >= 0.6 is 11.3 Å². The van der Waals surface area contributed by atoms with Gasteiger partial charge in [0.15, 0.2) is 0 Å². The van der Waals surface area contributed by atoms with E-state index in [1.54, 1.807) is 29.9 Å². The maximum absolute atomic E-state index is 12.1. The van der Waals surface area contributed by atoms with Crippen LogP contribution in [0.4, 0.5) is 5.69 Å². The van der Waals surface area contributed by atoms with E-state index >= 15 is 0 Å². The van der Waals surface area contributed by atoms with Crippen LogP contribution in [0.5, 0.6) is 0 Å². The van der Waals surface area contributed by atoms with E-state index in [4.69, 9.17) is 0 Å². The van der Waals surface area contributed by atoms with Gasteiger partial charge in [0.05, 0.1) is 0 Å². The van der Waals surface area contributed by atoms with Crippen LogP contribution in [-0.2, 0) is 0 Å². The van der Waals surface area contributed by atoms with Gasteiger partial charge in [-0.05, 0) is 19.1 Å². The van der Waals surface area contributed by atoms with Crippen LogP contribution in [0.3, 0.4) is 0 Å². The summed E-state index contributed by atoms with van der Waals surface area (Å²) in [6, 6.07) is 11.6. The molecule has 0 aliphatic rings. The monoisotopic (exact) mass is 295 g/mol. The number of aryl methyl sites for hydroxylation is 1. The van der Waals surface area contributed by atoms with Crippen LogP contribution < -0.4 is 5.32 Å². The van der Waals surface area contributed by atoms with Crippen LogP contribution in [0.15, 0.2) is 54.2 Å². The summed E-state index contributed by atoms with van der Waals surface area (Å²) in [4.78, 5) is 20.4.